The molecule has 0 aromatic carbocycles. The van der Waals surface area contributed by atoms with E-state index in [1.54, 1.807) is 17.1 Å². The van der Waals surface area contributed by atoms with Crippen LogP contribution < -0.4 is 5.32 Å². The highest BCUT2D eigenvalue weighted by molar-refractivity contribution is 5.58. The van der Waals surface area contributed by atoms with Gasteiger partial charge < -0.3 is 5.32 Å². The molecule has 2 aromatic heterocycles. The van der Waals surface area contributed by atoms with E-state index in [4.69, 9.17) is 0 Å². The van der Waals surface area contributed by atoms with Gasteiger partial charge in [0.15, 0.2) is 5.82 Å². The summed E-state index contributed by atoms with van der Waals surface area (Å²) >= 11 is 0. The smallest absolute Gasteiger partial charge is 0.223 e. The summed E-state index contributed by atoms with van der Waals surface area (Å²) in [7, 11) is 0. The maximum Gasteiger partial charge on any atom is 0.223 e. The zero-order valence-electron chi connectivity index (χ0n) is 9.81. The quantitative estimate of drug-likeness (QED) is 0.879. The van der Waals surface area contributed by atoms with Gasteiger partial charge in [-0.3, -0.25) is 4.68 Å². The van der Waals surface area contributed by atoms with E-state index in [1.807, 2.05) is 13.8 Å². The van der Waals surface area contributed by atoms with Crippen molar-refractivity contribution in [2.45, 2.75) is 20.4 Å². The minimum absolute atomic E-state index is 0.274. The molecule has 0 saturated carbocycles. The third-order valence-electron chi connectivity index (χ3n) is 2.31. The molecular formula is C11H14FN5. The first kappa shape index (κ1) is 11.5. The second-order valence-corrected chi connectivity index (χ2v) is 3.51. The van der Waals surface area contributed by atoms with E-state index < -0.39 is 5.82 Å². The average molecular weight is 235 g/mol. The number of anilines is 1. The van der Waals surface area contributed by atoms with Gasteiger partial charge in [-0.05, 0) is 13.8 Å². The largest absolute Gasteiger partial charge is 0.354 e. The summed E-state index contributed by atoms with van der Waals surface area (Å²) in [5, 5.41) is 7.05. The predicted molar refractivity (Wildman–Crippen MR) is 63.0 cm³/mol. The van der Waals surface area contributed by atoms with Crippen LogP contribution in [0.5, 0.6) is 0 Å². The number of hydrogen-bond acceptors (Lipinski definition) is 4. The minimum Gasteiger partial charge on any atom is -0.354 e. The Balaban J connectivity index is 2.39. The van der Waals surface area contributed by atoms with Crippen molar-refractivity contribution >= 4 is 5.95 Å². The van der Waals surface area contributed by atoms with E-state index in [0.29, 0.717) is 18.1 Å². The van der Waals surface area contributed by atoms with Crippen LogP contribution in [-0.4, -0.2) is 26.3 Å². The van der Waals surface area contributed by atoms with E-state index in [2.05, 4.69) is 20.4 Å². The van der Waals surface area contributed by atoms with Crippen LogP contribution in [0, 0.1) is 5.82 Å². The summed E-state index contributed by atoms with van der Waals surface area (Å²) in [4.78, 5) is 7.99. The van der Waals surface area contributed by atoms with Crippen LogP contribution in [0.15, 0.2) is 18.6 Å². The highest BCUT2D eigenvalue weighted by Crippen LogP contribution is 2.20. The molecule has 0 aliphatic rings. The zero-order chi connectivity index (χ0) is 12.3. The first-order valence-corrected chi connectivity index (χ1v) is 5.53. The van der Waals surface area contributed by atoms with Crippen molar-refractivity contribution < 1.29 is 4.39 Å². The third-order valence-corrected chi connectivity index (χ3v) is 2.31. The molecule has 0 fully saturated rings. The van der Waals surface area contributed by atoms with Crippen LogP contribution in [0.25, 0.3) is 11.3 Å². The topological polar surface area (TPSA) is 55.6 Å². The van der Waals surface area contributed by atoms with Gasteiger partial charge in [0.2, 0.25) is 5.95 Å². The number of aromatic nitrogens is 4. The number of nitrogens with zero attached hydrogens (tertiary/aromatic N) is 4. The van der Waals surface area contributed by atoms with Gasteiger partial charge in [-0.15, -0.1) is 0 Å². The molecule has 0 atom stereocenters. The number of rotatable bonds is 4. The van der Waals surface area contributed by atoms with Gasteiger partial charge in [0.25, 0.3) is 0 Å². The van der Waals surface area contributed by atoms with Crippen LogP contribution in [0.3, 0.4) is 0 Å². The van der Waals surface area contributed by atoms with E-state index in [0.717, 1.165) is 6.54 Å². The van der Waals surface area contributed by atoms with Gasteiger partial charge >= 0.3 is 0 Å². The van der Waals surface area contributed by atoms with Crippen molar-refractivity contribution in [3.8, 4) is 11.3 Å². The Morgan fingerprint density at radius 1 is 1.35 bits per heavy atom. The molecule has 0 unspecified atom stereocenters. The molecule has 0 saturated heterocycles. The van der Waals surface area contributed by atoms with Crippen molar-refractivity contribution in [3.63, 3.8) is 0 Å². The Hall–Kier alpha value is -1.98. The summed E-state index contributed by atoms with van der Waals surface area (Å²) in [6.45, 7) is 5.34. The molecule has 0 aliphatic heterocycles. The van der Waals surface area contributed by atoms with Crippen molar-refractivity contribution in [3.05, 3.63) is 24.4 Å². The molecule has 2 aromatic rings. The molecular weight excluding hydrogens is 221 g/mol. The lowest BCUT2D eigenvalue weighted by molar-refractivity contribution is 0.618. The lowest BCUT2D eigenvalue weighted by Gasteiger charge is -2.03. The molecule has 0 spiro atoms. The van der Waals surface area contributed by atoms with Gasteiger partial charge in [-0.1, -0.05) is 0 Å². The fourth-order valence-corrected chi connectivity index (χ4v) is 1.47. The Morgan fingerprint density at radius 3 is 2.82 bits per heavy atom. The highest BCUT2D eigenvalue weighted by Gasteiger charge is 2.10. The van der Waals surface area contributed by atoms with E-state index in [-0.39, 0.29) is 5.69 Å². The fraction of sp³-hybridized carbons (Fsp3) is 0.364. The Bertz CT molecular complexity index is 508. The molecule has 2 rings (SSSR count). The summed E-state index contributed by atoms with van der Waals surface area (Å²) in [6, 6.07) is 0. The number of nitrogens with one attached hydrogen (secondary N) is 1. The summed E-state index contributed by atoms with van der Waals surface area (Å²) in [5.41, 5.74) is 0.932. The molecule has 0 radical (unpaired) electrons. The molecule has 5 nitrogen and oxygen atoms in total. The molecule has 0 aliphatic carbocycles. The average Bonchev–Trinajstić information content (AvgIpc) is 2.80. The van der Waals surface area contributed by atoms with Gasteiger partial charge in [0.1, 0.15) is 5.69 Å². The molecule has 90 valence electrons. The molecule has 0 bridgehead atoms. The molecule has 0 amide bonds. The molecule has 6 heteroatoms. The Morgan fingerprint density at radius 2 is 2.18 bits per heavy atom. The molecule has 2 heterocycles. The number of hydrogen-bond donors (Lipinski definition) is 1. The van der Waals surface area contributed by atoms with E-state index in [9.17, 15) is 4.39 Å². The van der Waals surface area contributed by atoms with Gasteiger partial charge in [-0.25, -0.2) is 14.4 Å². The van der Waals surface area contributed by atoms with Gasteiger partial charge in [0.05, 0.1) is 12.4 Å². The second kappa shape index (κ2) is 4.90. The third kappa shape index (κ3) is 2.41. The Kier molecular flexibility index (Phi) is 3.32. The number of aryl methyl sites for hydroxylation is 1. The van der Waals surface area contributed by atoms with Crippen LogP contribution in [-0.2, 0) is 6.54 Å². The molecule has 1 N–H and O–H groups in total. The van der Waals surface area contributed by atoms with E-state index in [1.165, 1.54) is 6.20 Å². The SMILES string of the molecule is CCNc1ncc(F)c(-c2cnn(CC)c2)n1. The minimum atomic E-state index is -0.442. The maximum absolute atomic E-state index is 13.6. The van der Waals surface area contributed by atoms with Crippen molar-refractivity contribution in [2.75, 3.05) is 11.9 Å². The lowest BCUT2D eigenvalue weighted by Crippen LogP contribution is -2.03. The summed E-state index contributed by atoms with van der Waals surface area (Å²) in [6.07, 6.45) is 4.54. The highest BCUT2D eigenvalue weighted by atomic mass is 19.1. The fourth-order valence-electron chi connectivity index (χ4n) is 1.47. The normalized spacial score (nSPS) is 10.5. The van der Waals surface area contributed by atoms with Crippen LogP contribution in [0.4, 0.5) is 10.3 Å². The second-order valence-electron chi connectivity index (χ2n) is 3.51. The van der Waals surface area contributed by atoms with Crippen LogP contribution in [0.1, 0.15) is 13.8 Å². The first-order chi connectivity index (χ1) is 8.24. The van der Waals surface area contributed by atoms with Gasteiger partial charge in [-0.2, -0.15) is 5.10 Å². The van der Waals surface area contributed by atoms with Crippen LogP contribution in [0.2, 0.25) is 0 Å². The summed E-state index contributed by atoms with van der Waals surface area (Å²) in [5.74, 6) is -0.0181. The van der Waals surface area contributed by atoms with Crippen LogP contribution >= 0.6 is 0 Å². The molecule has 17 heavy (non-hydrogen) atoms. The van der Waals surface area contributed by atoms with Crippen molar-refractivity contribution in [1.29, 1.82) is 0 Å². The van der Waals surface area contributed by atoms with Crippen molar-refractivity contribution in [1.82, 2.24) is 19.7 Å². The van der Waals surface area contributed by atoms with E-state index >= 15 is 0 Å². The maximum atomic E-state index is 13.6. The Labute approximate surface area is 98.7 Å². The van der Waals surface area contributed by atoms with Gasteiger partial charge in [0, 0.05) is 24.8 Å². The monoisotopic (exact) mass is 235 g/mol. The zero-order valence-corrected chi connectivity index (χ0v) is 9.81. The first-order valence-electron chi connectivity index (χ1n) is 5.53. The predicted octanol–water partition coefficient (Wildman–Crippen LogP) is 1.93. The summed E-state index contributed by atoms with van der Waals surface area (Å²) < 4.78 is 15.3. The standard InChI is InChI=1S/C11H14FN5/c1-3-13-11-14-6-9(12)10(16-11)8-5-15-17(4-2)7-8/h5-7H,3-4H2,1-2H3,(H,13,14,16). The number of halogens is 1. The van der Waals surface area contributed by atoms with Crippen molar-refractivity contribution in [2.24, 2.45) is 0 Å². The lowest BCUT2D eigenvalue weighted by atomic mass is 10.2.